The van der Waals surface area contributed by atoms with E-state index in [1.54, 1.807) is 24.3 Å². The molecule has 0 saturated heterocycles. The van der Waals surface area contributed by atoms with Gasteiger partial charge in [0.25, 0.3) is 5.69 Å². The molecule has 0 heterocycles. The zero-order valence-electron chi connectivity index (χ0n) is 11.4. The van der Waals surface area contributed by atoms with Crippen molar-refractivity contribution in [2.75, 3.05) is 6.61 Å². The van der Waals surface area contributed by atoms with Crippen molar-refractivity contribution in [3.63, 3.8) is 0 Å². The second-order valence-electron chi connectivity index (χ2n) is 4.50. The van der Waals surface area contributed by atoms with Gasteiger partial charge >= 0.3 is 0 Å². The van der Waals surface area contributed by atoms with E-state index in [0.29, 0.717) is 30.8 Å². The van der Waals surface area contributed by atoms with Crippen LogP contribution in [0.2, 0.25) is 0 Å². The maximum absolute atomic E-state index is 11.9. The van der Waals surface area contributed by atoms with Crippen LogP contribution in [0.15, 0.2) is 54.6 Å². The Bertz CT molecular complexity index is 625. The molecule has 2 aromatic rings. The summed E-state index contributed by atoms with van der Waals surface area (Å²) in [6.07, 6.45) is 0.954. The van der Waals surface area contributed by atoms with Gasteiger partial charge in [-0.15, -0.1) is 0 Å². The molecule has 0 aliphatic carbocycles. The van der Waals surface area contributed by atoms with Gasteiger partial charge in [-0.25, -0.2) is 0 Å². The first-order valence-electron chi connectivity index (χ1n) is 6.62. The molecule has 0 saturated carbocycles. The molecule has 2 aromatic carbocycles. The standard InChI is InChI=1S/C16H15NO4/c18-16(13-6-2-1-3-7-13)10-5-11-21-15-9-4-8-14(12-15)17(19)20/h1-4,6-9,12H,5,10-11H2. The van der Waals surface area contributed by atoms with Gasteiger partial charge in [-0.2, -0.15) is 0 Å². The van der Waals surface area contributed by atoms with Gasteiger partial charge in [-0.3, -0.25) is 14.9 Å². The van der Waals surface area contributed by atoms with Crippen molar-refractivity contribution >= 4 is 11.5 Å². The number of nitro benzene ring substituents is 1. The molecule has 0 fully saturated rings. The Balaban J connectivity index is 1.79. The molecule has 0 atom stereocenters. The number of Topliss-reactive ketones (excluding diaryl/α,β-unsaturated/α-hetero) is 1. The minimum atomic E-state index is -0.466. The second-order valence-corrected chi connectivity index (χ2v) is 4.50. The number of ether oxygens (including phenoxy) is 1. The molecule has 0 radical (unpaired) electrons. The number of hydrogen-bond donors (Lipinski definition) is 0. The Kier molecular flexibility index (Phi) is 5.04. The number of nitro groups is 1. The quantitative estimate of drug-likeness (QED) is 0.337. The van der Waals surface area contributed by atoms with E-state index in [-0.39, 0.29) is 11.5 Å². The number of rotatable bonds is 7. The van der Waals surface area contributed by atoms with Crippen LogP contribution >= 0.6 is 0 Å². The Labute approximate surface area is 122 Å². The summed E-state index contributed by atoms with van der Waals surface area (Å²) in [6, 6.07) is 15.1. The third kappa shape index (κ3) is 4.42. The third-order valence-corrected chi connectivity index (χ3v) is 2.94. The lowest BCUT2D eigenvalue weighted by Gasteiger charge is -2.05. The summed E-state index contributed by atoms with van der Waals surface area (Å²) in [7, 11) is 0. The first-order valence-corrected chi connectivity index (χ1v) is 6.62. The Hall–Kier alpha value is -2.69. The lowest BCUT2D eigenvalue weighted by atomic mass is 10.1. The molecule has 21 heavy (non-hydrogen) atoms. The van der Waals surface area contributed by atoms with Gasteiger partial charge < -0.3 is 4.74 Å². The van der Waals surface area contributed by atoms with Crippen molar-refractivity contribution in [2.24, 2.45) is 0 Å². The molecule has 0 unspecified atom stereocenters. The summed E-state index contributed by atoms with van der Waals surface area (Å²) in [5.74, 6) is 0.509. The van der Waals surface area contributed by atoms with Crippen molar-refractivity contribution < 1.29 is 14.5 Å². The monoisotopic (exact) mass is 285 g/mol. The molecule has 5 nitrogen and oxygen atoms in total. The van der Waals surface area contributed by atoms with Gasteiger partial charge in [0, 0.05) is 18.1 Å². The van der Waals surface area contributed by atoms with Gasteiger partial charge in [0.2, 0.25) is 0 Å². The summed E-state index contributed by atoms with van der Waals surface area (Å²) in [5.41, 5.74) is 0.681. The van der Waals surface area contributed by atoms with Gasteiger partial charge in [0.15, 0.2) is 5.78 Å². The van der Waals surface area contributed by atoms with Crippen LogP contribution in [-0.4, -0.2) is 17.3 Å². The van der Waals surface area contributed by atoms with E-state index in [1.165, 1.54) is 12.1 Å². The highest BCUT2D eigenvalue weighted by atomic mass is 16.6. The topological polar surface area (TPSA) is 69.4 Å². The fourth-order valence-corrected chi connectivity index (χ4v) is 1.88. The predicted octanol–water partition coefficient (Wildman–Crippen LogP) is 3.64. The largest absolute Gasteiger partial charge is 0.493 e. The van der Waals surface area contributed by atoms with E-state index < -0.39 is 4.92 Å². The zero-order chi connectivity index (χ0) is 15.1. The number of carbonyl (C=O) groups is 1. The number of nitrogens with zero attached hydrogens (tertiary/aromatic N) is 1. The summed E-state index contributed by atoms with van der Waals surface area (Å²) in [5, 5.41) is 10.6. The smallest absolute Gasteiger partial charge is 0.273 e. The number of hydrogen-bond acceptors (Lipinski definition) is 4. The van der Waals surface area contributed by atoms with Crippen molar-refractivity contribution in [3.05, 3.63) is 70.3 Å². The molecule has 0 aromatic heterocycles. The zero-order valence-corrected chi connectivity index (χ0v) is 11.4. The van der Waals surface area contributed by atoms with Crippen molar-refractivity contribution in [2.45, 2.75) is 12.8 Å². The van der Waals surface area contributed by atoms with Gasteiger partial charge in [0.1, 0.15) is 5.75 Å². The van der Waals surface area contributed by atoms with Crippen LogP contribution in [0.4, 0.5) is 5.69 Å². The van der Waals surface area contributed by atoms with E-state index in [1.807, 2.05) is 18.2 Å². The Morgan fingerprint density at radius 2 is 1.86 bits per heavy atom. The maximum Gasteiger partial charge on any atom is 0.273 e. The van der Waals surface area contributed by atoms with Crippen LogP contribution < -0.4 is 4.74 Å². The number of non-ortho nitro benzene ring substituents is 1. The van der Waals surface area contributed by atoms with Crippen molar-refractivity contribution in [1.82, 2.24) is 0 Å². The molecular formula is C16H15NO4. The number of benzene rings is 2. The molecule has 0 bridgehead atoms. The Morgan fingerprint density at radius 1 is 1.10 bits per heavy atom. The van der Waals surface area contributed by atoms with Crippen LogP contribution in [0.1, 0.15) is 23.2 Å². The van der Waals surface area contributed by atoms with Crippen LogP contribution in [0.5, 0.6) is 5.75 Å². The lowest BCUT2D eigenvalue weighted by molar-refractivity contribution is -0.384. The maximum atomic E-state index is 11.9. The lowest BCUT2D eigenvalue weighted by Crippen LogP contribution is -2.04. The van der Waals surface area contributed by atoms with E-state index >= 15 is 0 Å². The molecule has 2 rings (SSSR count). The van der Waals surface area contributed by atoms with E-state index in [4.69, 9.17) is 4.74 Å². The molecule has 0 amide bonds. The first kappa shape index (κ1) is 14.7. The average molecular weight is 285 g/mol. The Morgan fingerprint density at radius 3 is 2.57 bits per heavy atom. The minimum Gasteiger partial charge on any atom is -0.493 e. The van der Waals surface area contributed by atoms with Crippen LogP contribution in [0.25, 0.3) is 0 Å². The molecule has 0 spiro atoms. The molecule has 0 aliphatic rings. The van der Waals surface area contributed by atoms with E-state index in [9.17, 15) is 14.9 Å². The van der Waals surface area contributed by atoms with Crippen LogP contribution in [0, 0.1) is 10.1 Å². The van der Waals surface area contributed by atoms with Gasteiger partial charge in [-0.1, -0.05) is 36.4 Å². The predicted molar refractivity (Wildman–Crippen MR) is 78.6 cm³/mol. The summed E-state index contributed by atoms with van der Waals surface area (Å²) in [4.78, 5) is 22.0. The highest BCUT2D eigenvalue weighted by Crippen LogP contribution is 2.19. The summed E-state index contributed by atoms with van der Waals surface area (Å²) < 4.78 is 5.43. The van der Waals surface area contributed by atoms with E-state index in [2.05, 4.69) is 0 Å². The summed E-state index contributed by atoms with van der Waals surface area (Å²) in [6.45, 7) is 0.347. The van der Waals surface area contributed by atoms with Crippen LogP contribution in [-0.2, 0) is 0 Å². The second kappa shape index (κ2) is 7.19. The fourth-order valence-electron chi connectivity index (χ4n) is 1.88. The van der Waals surface area contributed by atoms with Crippen LogP contribution in [0.3, 0.4) is 0 Å². The highest BCUT2D eigenvalue weighted by Gasteiger charge is 2.07. The normalized spacial score (nSPS) is 10.1. The number of ketones is 1. The molecule has 5 heteroatoms. The van der Waals surface area contributed by atoms with E-state index in [0.717, 1.165) is 0 Å². The van der Waals surface area contributed by atoms with Gasteiger partial charge in [-0.05, 0) is 12.5 Å². The highest BCUT2D eigenvalue weighted by molar-refractivity contribution is 5.95. The molecule has 0 aliphatic heterocycles. The summed E-state index contributed by atoms with van der Waals surface area (Å²) >= 11 is 0. The number of carbonyl (C=O) groups excluding carboxylic acids is 1. The first-order chi connectivity index (χ1) is 10.2. The van der Waals surface area contributed by atoms with Gasteiger partial charge in [0.05, 0.1) is 17.6 Å². The molecule has 108 valence electrons. The molecular weight excluding hydrogens is 270 g/mol. The SMILES string of the molecule is O=C(CCCOc1cccc([N+](=O)[O-])c1)c1ccccc1. The van der Waals surface area contributed by atoms with Crippen molar-refractivity contribution in [1.29, 1.82) is 0 Å². The minimum absolute atomic E-state index is 0.00661. The fraction of sp³-hybridized carbons (Fsp3) is 0.188. The third-order valence-electron chi connectivity index (χ3n) is 2.94. The molecule has 0 N–H and O–H groups in total. The van der Waals surface area contributed by atoms with Crippen molar-refractivity contribution in [3.8, 4) is 5.75 Å². The average Bonchev–Trinajstić information content (AvgIpc) is 2.52.